The molecule has 2 N–H and O–H groups in total. The minimum atomic E-state index is 0.0623. The van der Waals surface area contributed by atoms with Gasteiger partial charge in [-0.2, -0.15) is 0 Å². The minimum Gasteiger partial charge on any atom is -0.325 e. The number of carbonyl (C=O) groups is 1. The predicted molar refractivity (Wildman–Crippen MR) is 82.9 cm³/mol. The van der Waals surface area contributed by atoms with Gasteiger partial charge in [0.25, 0.3) is 0 Å². The third kappa shape index (κ3) is 3.32. The lowest BCUT2D eigenvalue weighted by Gasteiger charge is -2.28. The zero-order chi connectivity index (χ0) is 14.1. The van der Waals surface area contributed by atoms with E-state index in [9.17, 15) is 4.79 Å². The molecule has 2 bridgehead atoms. The van der Waals surface area contributed by atoms with Crippen molar-refractivity contribution in [2.75, 3.05) is 5.32 Å². The zero-order valence-corrected chi connectivity index (χ0v) is 13.4. The van der Waals surface area contributed by atoms with Crippen molar-refractivity contribution in [3.63, 3.8) is 0 Å². The Bertz CT molecular complexity index is 513. The van der Waals surface area contributed by atoms with Crippen LogP contribution in [0.3, 0.4) is 0 Å². The van der Waals surface area contributed by atoms with Crippen molar-refractivity contribution >= 4 is 39.1 Å². The number of nitrogens with one attached hydrogen (secondary N) is 2. The van der Waals surface area contributed by atoms with Gasteiger partial charge in [-0.3, -0.25) is 4.79 Å². The maximum absolute atomic E-state index is 12.1. The zero-order valence-electron chi connectivity index (χ0n) is 11.0. The average Bonchev–Trinajstić information content (AvgIpc) is 2.73. The lowest BCUT2D eigenvalue weighted by molar-refractivity contribution is -0.117. The first-order valence-electron chi connectivity index (χ1n) is 6.97. The van der Waals surface area contributed by atoms with Gasteiger partial charge < -0.3 is 10.6 Å². The molecule has 0 aromatic carbocycles. The van der Waals surface area contributed by atoms with Crippen LogP contribution in [0, 0.1) is 5.92 Å². The van der Waals surface area contributed by atoms with E-state index < -0.39 is 0 Å². The van der Waals surface area contributed by atoms with Crippen molar-refractivity contribution in [3.05, 3.63) is 21.9 Å². The fourth-order valence-corrected chi connectivity index (χ4v) is 3.76. The topological polar surface area (TPSA) is 54.0 Å². The van der Waals surface area contributed by atoms with E-state index in [1.54, 1.807) is 12.3 Å². The van der Waals surface area contributed by atoms with Crippen LogP contribution >= 0.6 is 27.5 Å². The van der Waals surface area contributed by atoms with Crippen molar-refractivity contribution in [1.82, 2.24) is 10.3 Å². The van der Waals surface area contributed by atoms with Crippen molar-refractivity contribution in [1.29, 1.82) is 0 Å². The van der Waals surface area contributed by atoms with Crippen molar-refractivity contribution < 1.29 is 4.79 Å². The molecule has 2 saturated heterocycles. The summed E-state index contributed by atoms with van der Waals surface area (Å²) in [5.74, 6) is 0.560. The van der Waals surface area contributed by atoms with Crippen molar-refractivity contribution in [3.8, 4) is 0 Å². The lowest BCUT2D eigenvalue weighted by atomic mass is 9.89. The second kappa shape index (κ2) is 6.00. The van der Waals surface area contributed by atoms with Crippen LogP contribution in [0.5, 0.6) is 0 Å². The van der Waals surface area contributed by atoms with Gasteiger partial charge in [-0.05, 0) is 53.6 Å². The summed E-state index contributed by atoms with van der Waals surface area (Å²) < 4.78 is 0.692. The number of pyridine rings is 1. The molecule has 1 aromatic rings. The molecule has 0 radical (unpaired) electrons. The molecule has 2 aliphatic heterocycles. The largest absolute Gasteiger partial charge is 0.325 e. The van der Waals surface area contributed by atoms with E-state index in [2.05, 4.69) is 31.5 Å². The summed E-state index contributed by atoms with van der Waals surface area (Å²) in [6.07, 6.45) is 6.93. The van der Waals surface area contributed by atoms with Gasteiger partial charge in [0, 0.05) is 18.5 Å². The molecule has 3 heterocycles. The van der Waals surface area contributed by atoms with Crippen molar-refractivity contribution in [2.45, 2.75) is 44.2 Å². The molecule has 20 heavy (non-hydrogen) atoms. The van der Waals surface area contributed by atoms with Gasteiger partial charge in [-0.15, -0.1) is 0 Å². The SMILES string of the molecule is O=C(CC1CC2CCC(C1)N2)Nc1cnc(Cl)c(Br)c1. The van der Waals surface area contributed by atoms with Gasteiger partial charge in [0.2, 0.25) is 5.91 Å². The van der Waals surface area contributed by atoms with E-state index >= 15 is 0 Å². The number of piperidine rings is 1. The number of amides is 1. The number of aromatic nitrogens is 1. The summed E-state index contributed by atoms with van der Waals surface area (Å²) in [7, 11) is 0. The minimum absolute atomic E-state index is 0.0623. The normalized spacial score (nSPS) is 28.4. The quantitative estimate of drug-likeness (QED) is 0.815. The van der Waals surface area contributed by atoms with E-state index in [0.29, 0.717) is 39.7 Å². The smallest absolute Gasteiger partial charge is 0.224 e. The molecule has 0 spiro atoms. The van der Waals surface area contributed by atoms with Gasteiger partial charge in [0.1, 0.15) is 5.15 Å². The number of hydrogen-bond donors (Lipinski definition) is 2. The summed E-state index contributed by atoms with van der Waals surface area (Å²) in [5, 5.41) is 6.89. The number of rotatable bonds is 3. The maximum Gasteiger partial charge on any atom is 0.224 e. The molecule has 1 aromatic heterocycles. The summed E-state index contributed by atoms with van der Waals surface area (Å²) in [5.41, 5.74) is 0.684. The molecule has 0 aliphatic carbocycles. The standard InChI is InChI=1S/C14H17BrClN3O/c15-12-6-11(7-17-14(12)16)19-13(20)5-8-3-9-1-2-10(4-8)18-9/h6-10,18H,1-5H2,(H,19,20). The lowest BCUT2D eigenvalue weighted by Crippen LogP contribution is -2.39. The molecule has 2 unspecified atom stereocenters. The van der Waals surface area contributed by atoms with Gasteiger partial charge in [0.05, 0.1) is 16.4 Å². The van der Waals surface area contributed by atoms with E-state index in [0.717, 1.165) is 12.8 Å². The predicted octanol–water partition coefficient (Wildman–Crippen LogP) is 3.36. The van der Waals surface area contributed by atoms with Crippen LogP contribution in [-0.4, -0.2) is 23.0 Å². The number of hydrogen-bond acceptors (Lipinski definition) is 3. The van der Waals surface area contributed by atoms with Crippen molar-refractivity contribution in [2.24, 2.45) is 5.92 Å². The number of halogens is 2. The van der Waals surface area contributed by atoms with E-state index in [4.69, 9.17) is 11.6 Å². The number of fused-ring (bicyclic) bond motifs is 2. The number of anilines is 1. The molecule has 2 atom stereocenters. The monoisotopic (exact) mass is 357 g/mol. The Morgan fingerprint density at radius 2 is 2.15 bits per heavy atom. The van der Waals surface area contributed by atoms with E-state index in [1.165, 1.54) is 12.8 Å². The highest BCUT2D eigenvalue weighted by Gasteiger charge is 2.34. The Morgan fingerprint density at radius 1 is 1.45 bits per heavy atom. The molecule has 108 valence electrons. The summed E-state index contributed by atoms with van der Waals surface area (Å²) in [4.78, 5) is 16.1. The van der Waals surface area contributed by atoms with E-state index in [-0.39, 0.29) is 5.91 Å². The second-order valence-electron chi connectivity index (χ2n) is 5.72. The van der Waals surface area contributed by atoms with Crippen LogP contribution in [0.2, 0.25) is 5.15 Å². The highest BCUT2D eigenvalue weighted by molar-refractivity contribution is 9.10. The van der Waals surface area contributed by atoms with Crippen LogP contribution in [0.4, 0.5) is 5.69 Å². The third-order valence-corrected chi connectivity index (χ3v) is 5.26. The van der Waals surface area contributed by atoms with Crippen LogP contribution in [0.1, 0.15) is 32.1 Å². The molecule has 6 heteroatoms. The van der Waals surface area contributed by atoms with Crippen LogP contribution in [0.15, 0.2) is 16.7 Å². The summed E-state index contributed by atoms with van der Waals surface area (Å²) in [6.45, 7) is 0. The molecular weight excluding hydrogens is 342 g/mol. The Hall–Kier alpha value is -0.650. The maximum atomic E-state index is 12.1. The van der Waals surface area contributed by atoms with Crippen LogP contribution < -0.4 is 10.6 Å². The Labute approximate surface area is 131 Å². The van der Waals surface area contributed by atoms with Gasteiger partial charge >= 0.3 is 0 Å². The van der Waals surface area contributed by atoms with Gasteiger partial charge in [-0.1, -0.05) is 11.6 Å². The fourth-order valence-electron chi connectivity index (χ4n) is 3.31. The van der Waals surface area contributed by atoms with Crippen LogP contribution in [0.25, 0.3) is 0 Å². The Morgan fingerprint density at radius 3 is 2.80 bits per heavy atom. The molecule has 1 amide bonds. The molecule has 0 saturated carbocycles. The highest BCUT2D eigenvalue weighted by Crippen LogP contribution is 2.33. The molecular formula is C14H17BrClN3O. The molecule has 4 nitrogen and oxygen atoms in total. The number of nitrogens with zero attached hydrogens (tertiary/aromatic N) is 1. The first-order valence-corrected chi connectivity index (χ1v) is 8.14. The summed E-state index contributed by atoms with van der Waals surface area (Å²) in [6, 6.07) is 3.02. The second-order valence-corrected chi connectivity index (χ2v) is 6.94. The third-order valence-electron chi connectivity index (χ3n) is 4.12. The average molecular weight is 359 g/mol. The molecule has 2 fully saturated rings. The highest BCUT2D eigenvalue weighted by atomic mass is 79.9. The first kappa shape index (κ1) is 14.3. The van der Waals surface area contributed by atoms with Gasteiger partial charge in [0.15, 0.2) is 0 Å². The van der Waals surface area contributed by atoms with Crippen LogP contribution in [-0.2, 0) is 4.79 Å². The van der Waals surface area contributed by atoms with Gasteiger partial charge in [-0.25, -0.2) is 4.98 Å². The Kier molecular flexibility index (Phi) is 4.29. The molecule has 3 rings (SSSR count). The fraction of sp³-hybridized carbons (Fsp3) is 0.571. The number of carbonyl (C=O) groups excluding carboxylic acids is 1. The van der Waals surface area contributed by atoms with E-state index in [1.807, 2.05) is 0 Å². The summed E-state index contributed by atoms with van der Waals surface area (Å²) >= 11 is 9.14. The Balaban J connectivity index is 1.55. The first-order chi connectivity index (χ1) is 9.60. The molecule has 2 aliphatic rings.